The maximum atomic E-state index is 13.3. The number of hydrogen-bond acceptors (Lipinski definition) is 2. The number of halogens is 5. The summed E-state index contributed by atoms with van der Waals surface area (Å²) < 4.78 is 65.4. The van der Waals surface area contributed by atoms with Crippen LogP contribution in [0.4, 0.5) is 22.0 Å². The van der Waals surface area contributed by atoms with Gasteiger partial charge in [-0.2, -0.15) is 0 Å². The minimum absolute atomic E-state index is 0.0734. The third kappa shape index (κ3) is 2.51. The molecule has 0 unspecified atom stereocenters. The fraction of sp³-hybridized carbons (Fsp3) is 0.0833. The van der Waals surface area contributed by atoms with Gasteiger partial charge in [0, 0.05) is 4.88 Å². The molecule has 2 nitrogen and oxygen atoms in total. The number of benzene rings is 1. The molecule has 20 heavy (non-hydrogen) atoms. The van der Waals surface area contributed by atoms with E-state index in [4.69, 9.17) is 0 Å². The first-order valence-electron chi connectivity index (χ1n) is 5.25. The first-order chi connectivity index (χ1) is 9.43. The van der Waals surface area contributed by atoms with Crippen LogP contribution in [0.15, 0.2) is 17.5 Å². The van der Waals surface area contributed by atoms with E-state index < -0.39 is 40.6 Å². The summed E-state index contributed by atoms with van der Waals surface area (Å²) in [7, 11) is 0. The van der Waals surface area contributed by atoms with Crippen molar-refractivity contribution in [2.24, 2.45) is 0 Å². The van der Waals surface area contributed by atoms with Gasteiger partial charge in [0.25, 0.3) is 5.91 Å². The Labute approximate surface area is 113 Å². The molecule has 0 aliphatic heterocycles. The second kappa shape index (κ2) is 5.58. The second-order valence-corrected chi connectivity index (χ2v) is 4.74. The Morgan fingerprint density at radius 1 is 1.00 bits per heavy atom. The fourth-order valence-corrected chi connectivity index (χ4v) is 2.12. The Morgan fingerprint density at radius 2 is 1.55 bits per heavy atom. The van der Waals surface area contributed by atoms with Crippen molar-refractivity contribution in [2.45, 2.75) is 6.54 Å². The van der Waals surface area contributed by atoms with Crippen LogP contribution >= 0.6 is 11.3 Å². The largest absolute Gasteiger partial charge is 0.347 e. The van der Waals surface area contributed by atoms with Crippen molar-refractivity contribution in [1.82, 2.24) is 5.32 Å². The van der Waals surface area contributed by atoms with E-state index in [9.17, 15) is 26.7 Å². The van der Waals surface area contributed by atoms with Crippen LogP contribution in [0.25, 0.3) is 0 Å². The van der Waals surface area contributed by atoms with Gasteiger partial charge < -0.3 is 5.32 Å². The molecule has 0 saturated carbocycles. The number of thiophene rings is 1. The molecule has 0 radical (unpaired) electrons. The Balaban J connectivity index is 2.30. The zero-order valence-corrected chi connectivity index (χ0v) is 10.5. The first kappa shape index (κ1) is 14.4. The highest BCUT2D eigenvalue weighted by molar-refractivity contribution is 7.09. The third-order valence-electron chi connectivity index (χ3n) is 2.44. The summed E-state index contributed by atoms with van der Waals surface area (Å²) in [5.74, 6) is -12.3. The summed E-state index contributed by atoms with van der Waals surface area (Å²) >= 11 is 1.27. The van der Waals surface area contributed by atoms with E-state index in [0.717, 1.165) is 0 Å². The number of amides is 1. The average molecular weight is 307 g/mol. The van der Waals surface area contributed by atoms with Crippen LogP contribution in [0.3, 0.4) is 0 Å². The minimum atomic E-state index is -2.30. The number of carbonyl (C=O) groups excluding carboxylic acids is 1. The SMILES string of the molecule is O=C(NCc1cccs1)c1c(F)c(F)c(F)c(F)c1F. The minimum Gasteiger partial charge on any atom is -0.347 e. The van der Waals surface area contributed by atoms with Crippen molar-refractivity contribution in [3.05, 3.63) is 57.0 Å². The normalized spacial score (nSPS) is 10.7. The lowest BCUT2D eigenvalue weighted by Gasteiger charge is -2.08. The van der Waals surface area contributed by atoms with Crippen LogP contribution in [0.5, 0.6) is 0 Å². The summed E-state index contributed by atoms with van der Waals surface area (Å²) in [6.07, 6.45) is 0. The first-order valence-corrected chi connectivity index (χ1v) is 6.13. The molecule has 1 heterocycles. The summed E-state index contributed by atoms with van der Waals surface area (Å²) in [6.45, 7) is -0.0734. The highest BCUT2D eigenvalue weighted by Crippen LogP contribution is 2.23. The van der Waals surface area contributed by atoms with Gasteiger partial charge in [-0.3, -0.25) is 4.79 Å². The Morgan fingerprint density at radius 3 is 2.05 bits per heavy atom. The summed E-state index contributed by atoms with van der Waals surface area (Å²) in [4.78, 5) is 12.2. The van der Waals surface area contributed by atoms with Gasteiger partial charge in [-0.15, -0.1) is 11.3 Å². The van der Waals surface area contributed by atoms with Crippen molar-refractivity contribution in [1.29, 1.82) is 0 Å². The van der Waals surface area contributed by atoms with Crippen LogP contribution in [0.2, 0.25) is 0 Å². The van der Waals surface area contributed by atoms with Gasteiger partial charge in [0.2, 0.25) is 5.82 Å². The van der Waals surface area contributed by atoms with Gasteiger partial charge in [0.05, 0.1) is 6.54 Å². The van der Waals surface area contributed by atoms with Gasteiger partial charge in [-0.25, -0.2) is 22.0 Å². The summed E-state index contributed by atoms with van der Waals surface area (Å²) in [5.41, 5.74) is -1.49. The number of hydrogen-bond donors (Lipinski definition) is 1. The van der Waals surface area contributed by atoms with Gasteiger partial charge in [0.15, 0.2) is 23.3 Å². The maximum absolute atomic E-state index is 13.3. The predicted molar refractivity (Wildman–Crippen MR) is 61.7 cm³/mol. The van der Waals surface area contributed by atoms with E-state index in [2.05, 4.69) is 5.32 Å². The standard InChI is InChI=1S/C12H6F5NOS/c13-7-6(8(14)10(16)11(17)9(7)15)12(19)18-4-5-2-1-3-20-5/h1-3H,4H2,(H,18,19). The van der Waals surface area contributed by atoms with E-state index in [1.165, 1.54) is 11.3 Å². The van der Waals surface area contributed by atoms with Crippen LogP contribution < -0.4 is 5.32 Å². The average Bonchev–Trinajstić information content (AvgIpc) is 2.94. The van der Waals surface area contributed by atoms with Crippen molar-refractivity contribution >= 4 is 17.2 Å². The fourth-order valence-electron chi connectivity index (χ4n) is 1.47. The van der Waals surface area contributed by atoms with Gasteiger partial charge in [0.1, 0.15) is 5.56 Å². The predicted octanol–water partition coefficient (Wildman–Crippen LogP) is 3.37. The highest BCUT2D eigenvalue weighted by atomic mass is 32.1. The van der Waals surface area contributed by atoms with Crippen LogP contribution in [0.1, 0.15) is 15.2 Å². The molecule has 1 aromatic carbocycles. The molecule has 0 saturated heterocycles. The van der Waals surface area contributed by atoms with E-state index in [0.29, 0.717) is 4.88 Å². The molecule has 1 amide bonds. The molecule has 0 fully saturated rings. The lowest BCUT2D eigenvalue weighted by Crippen LogP contribution is -2.26. The zero-order chi connectivity index (χ0) is 14.9. The molecule has 0 atom stereocenters. The summed E-state index contributed by atoms with van der Waals surface area (Å²) in [6, 6.07) is 3.33. The lowest BCUT2D eigenvalue weighted by atomic mass is 10.1. The topological polar surface area (TPSA) is 29.1 Å². The molecule has 0 bridgehead atoms. The van der Waals surface area contributed by atoms with E-state index >= 15 is 0 Å². The molecule has 106 valence electrons. The molecule has 0 aliphatic carbocycles. The zero-order valence-electron chi connectivity index (χ0n) is 9.65. The van der Waals surface area contributed by atoms with Crippen molar-refractivity contribution < 1.29 is 26.7 Å². The Kier molecular flexibility index (Phi) is 4.03. The van der Waals surface area contributed by atoms with E-state index in [1.807, 2.05) is 0 Å². The molecule has 0 spiro atoms. The van der Waals surface area contributed by atoms with Crippen molar-refractivity contribution in [2.75, 3.05) is 0 Å². The van der Waals surface area contributed by atoms with Crippen molar-refractivity contribution in [3.63, 3.8) is 0 Å². The van der Waals surface area contributed by atoms with E-state index in [1.54, 1.807) is 17.5 Å². The lowest BCUT2D eigenvalue weighted by molar-refractivity contribution is 0.0939. The van der Waals surface area contributed by atoms with Crippen LogP contribution in [0, 0.1) is 29.1 Å². The second-order valence-electron chi connectivity index (χ2n) is 3.71. The molecule has 1 aromatic heterocycles. The molecule has 8 heteroatoms. The van der Waals surface area contributed by atoms with Gasteiger partial charge in [-0.05, 0) is 11.4 Å². The molecule has 1 N–H and O–H groups in total. The van der Waals surface area contributed by atoms with E-state index in [-0.39, 0.29) is 6.54 Å². The van der Waals surface area contributed by atoms with Crippen LogP contribution in [-0.4, -0.2) is 5.91 Å². The Hall–Kier alpha value is -1.96. The quantitative estimate of drug-likeness (QED) is 0.526. The molecule has 0 aliphatic rings. The highest BCUT2D eigenvalue weighted by Gasteiger charge is 2.29. The van der Waals surface area contributed by atoms with Crippen molar-refractivity contribution in [3.8, 4) is 0 Å². The number of nitrogens with one attached hydrogen (secondary N) is 1. The van der Waals surface area contributed by atoms with Crippen LogP contribution in [-0.2, 0) is 6.54 Å². The Bertz CT molecular complexity index is 627. The molecular formula is C12H6F5NOS. The maximum Gasteiger partial charge on any atom is 0.257 e. The molecule has 2 rings (SSSR count). The monoisotopic (exact) mass is 307 g/mol. The molecule has 2 aromatic rings. The van der Waals surface area contributed by atoms with Gasteiger partial charge >= 0.3 is 0 Å². The number of carbonyl (C=O) groups is 1. The third-order valence-corrected chi connectivity index (χ3v) is 3.32. The summed E-state index contributed by atoms with van der Waals surface area (Å²) in [5, 5.41) is 3.80. The number of rotatable bonds is 3. The van der Waals surface area contributed by atoms with Gasteiger partial charge in [-0.1, -0.05) is 6.07 Å². The molecular weight excluding hydrogens is 301 g/mol. The smallest absolute Gasteiger partial charge is 0.257 e.